The molecule has 1 aliphatic heterocycles. The molecule has 2 unspecified atom stereocenters. The SMILES string of the molecule is CCC1OCCC1C(=O)NCC(O)(CC)CC. The zero-order chi connectivity index (χ0) is 12.9. The van der Waals surface area contributed by atoms with E-state index in [0.29, 0.717) is 26.0 Å². The summed E-state index contributed by atoms with van der Waals surface area (Å²) in [6.45, 7) is 6.91. The smallest absolute Gasteiger partial charge is 0.225 e. The predicted molar refractivity (Wildman–Crippen MR) is 66.7 cm³/mol. The Morgan fingerprint density at radius 2 is 2.06 bits per heavy atom. The molecule has 1 rings (SSSR count). The van der Waals surface area contributed by atoms with Crippen molar-refractivity contribution in [3.05, 3.63) is 0 Å². The lowest BCUT2D eigenvalue weighted by atomic mass is 9.95. The van der Waals surface area contributed by atoms with Gasteiger partial charge in [-0.2, -0.15) is 0 Å². The number of amides is 1. The van der Waals surface area contributed by atoms with Crippen LogP contribution in [0.3, 0.4) is 0 Å². The highest BCUT2D eigenvalue weighted by Gasteiger charge is 2.33. The van der Waals surface area contributed by atoms with Crippen molar-refractivity contribution in [3.63, 3.8) is 0 Å². The highest BCUT2D eigenvalue weighted by atomic mass is 16.5. The molecule has 1 saturated heterocycles. The summed E-state index contributed by atoms with van der Waals surface area (Å²) in [7, 11) is 0. The van der Waals surface area contributed by atoms with Gasteiger partial charge in [0.2, 0.25) is 5.91 Å². The van der Waals surface area contributed by atoms with Crippen LogP contribution in [0.15, 0.2) is 0 Å². The fourth-order valence-corrected chi connectivity index (χ4v) is 2.23. The van der Waals surface area contributed by atoms with Crippen molar-refractivity contribution in [3.8, 4) is 0 Å². The highest BCUT2D eigenvalue weighted by Crippen LogP contribution is 2.23. The van der Waals surface area contributed by atoms with Gasteiger partial charge in [-0.1, -0.05) is 20.8 Å². The molecule has 0 aromatic rings. The van der Waals surface area contributed by atoms with Crippen LogP contribution in [0.2, 0.25) is 0 Å². The van der Waals surface area contributed by atoms with E-state index in [2.05, 4.69) is 5.32 Å². The third-order valence-electron chi connectivity index (χ3n) is 3.86. The summed E-state index contributed by atoms with van der Waals surface area (Å²) in [6.07, 6.45) is 3.02. The number of nitrogens with one attached hydrogen (secondary N) is 1. The molecular weight excluding hydrogens is 218 g/mol. The summed E-state index contributed by atoms with van der Waals surface area (Å²) in [5.41, 5.74) is -0.767. The van der Waals surface area contributed by atoms with E-state index in [1.54, 1.807) is 0 Å². The van der Waals surface area contributed by atoms with Crippen molar-refractivity contribution in [1.29, 1.82) is 0 Å². The van der Waals surface area contributed by atoms with Crippen LogP contribution in [0.5, 0.6) is 0 Å². The molecule has 0 radical (unpaired) electrons. The van der Waals surface area contributed by atoms with Gasteiger partial charge in [-0.25, -0.2) is 0 Å². The van der Waals surface area contributed by atoms with E-state index in [1.165, 1.54) is 0 Å². The average Bonchev–Trinajstić information content (AvgIpc) is 2.83. The van der Waals surface area contributed by atoms with Crippen LogP contribution in [0, 0.1) is 5.92 Å². The Balaban J connectivity index is 2.44. The van der Waals surface area contributed by atoms with Gasteiger partial charge in [-0.15, -0.1) is 0 Å². The first-order valence-corrected chi connectivity index (χ1v) is 6.68. The number of carbonyl (C=O) groups excluding carboxylic acids is 1. The van der Waals surface area contributed by atoms with Gasteiger partial charge >= 0.3 is 0 Å². The fraction of sp³-hybridized carbons (Fsp3) is 0.923. The Morgan fingerprint density at radius 3 is 2.59 bits per heavy atom. The Labute approximate surface area is 104 Å². The molecule has 1 fully saturated rings. The van der Waals surface area contributed by atoms with Crippen molar-refractivity contribution in [1.82, 2.24) is 5.32 Å². The lowest BCUT2D eigenvalue weighted by molar-refractivity contribution is -0.128. The van der Waals surface area contributed by atoms with Crippen LogP contribution in [0.4, 0.5) is 0 Å². The normalized spacial score (nSPS) is 24.9. The van der Waals surface area contributed by atoms with Crippen LogP contribution in [-0.2, 0) is 9.53 Å². The van der Waals surface area contributed by atoms with Crippen LogP contribution in [0.25, 0.3) is 0 Å². The van der Waals surface area contributed by atoms with E-state index in [4.69, 9.17) is 4.74 Å². The predicted octanol–water partition coefficient (Wildman–Crippen LogP) is 1.47. The topological polar surface area (TPSA) is 58.6 Å². The molecule has 1 heterocycles. The minimum Gasteiger partial charge on any atom is -0.388 e. The van der Waals surface area contributed by atoms with Crippen molar-refractivity contribution in [2.45, 2.75) is 58.2 Å². The van der Waals surface area contributed by atoms with Gasteiger partial charge in [0.25, 0.3) is 0 Å². The number of aliphatic hydroxyl groups is 1. The fourth-order valence-electron chi connectivity index (χ4n) is 2.23. The lowest BCUT2D eigenvalue weighted by Gasteiger charge is -2.26. The summed E-state index contributed by atoms with van der Waals surface area (Å²) in [5.74, 6) is -0.0207. The summed E-state index contributed by atoms with van der Waals surface area (Å²) < 4.78 is 5.50. The van der Waals surface area contributed by atoms with Crippen molar-refractivity contribution >= 4 is 5.91 Å². The van der Waals surface area contributed by atoms with Gasteiger partial charge in [0.15, 0.2) is 0 Å². The molecule has 2 N–H and O–H groups in total. The summed E-state index contributed by atoms with van der Waals surface area (Å²) in [4.78, 5) is 12.0. The second-order valence-corrected chi connectivity index (χ2v) is 4.86. The largest absolute Gasteiger partial charge is 0.388 e. The molecule has 4 nitrogen and oxygen atoms in total. The second-order valence-electron chi connectivity index (χ2n) is 4.86. The molecule has 1 amide bonds. The maximum absolute atomic E-state index is 12.0. The number of ether oxygens (including phenoxy) is 1. The first kappa shape index (κ1) is 14.5. The van der Waals surface area contributed by atoms with Crippen molar-refractivity contribution in [2.75, 3.05) is 13.2 Å². The van der Waals surface area contributed by atoms with Crippen LogP contribution in [-0.4, -0.2) is 35.9 Å². The van der Waals surface area contributed by atoms with Gasteiger partial charge < -0.3 is 15.2 Å². The monoisotopic (exact) mass is 243 g/mol. The molecule has 2 atom stereocenters. The van der Waals surface area contributed by atoms with Gasteiger partial charge in [0.1, 0.15) is 0 Å². The van der Waals surface area contributed by atoms with Gasteiger partial charge in [0.05, 0.1) is 17.6 Å². The Hall–Kier alpha value is -0.610. The van der Waals surface area contributed by atoms with Crippen molar-refractivity contribution < 1.29 is 14.6 Å². The van der Waals surface area contributed by atoms with Crippen molar-refractivity contribution in [2.24, 2.45) is 5.92 Å². The maximum atomic E-state index is 12.0. The lowest BCUT2D eigenvalue weighted by Crippen LogP contribution is -2.45. The molecule has 100 valence electrons. The summed E-state index contributed by atoms with van der Waals surface area (Å²) in [5, 5.41) is 13.0. The van der Waals surface area contributed by atoms with Gasteiger partial charge in [-0.3, -0.25) is 4.79 Å². The number of carbonyl (C=O) groups is 1. The number of rotatable bonds is 6. The molecule has 0 aliphatic carbocycles. The quantitative estimate of drug-likeness (QED) is 0.742. The van der Waals surface area contributed by atoms with Gasteiger partial charge in [-0.05, 0) is 25.7 Å². The summed E-state index contributed by atoms with van der Waals surface area (Å²) in [6, 6.07) is 0. The number of hydrogen-bond donors (Lipinski definition) is 2. The summed E-state index contributed by atoms with van der Waals surface area (Å²) >= 11 is 0. The Morgan fingerprint density at radius 1 is 1.41 bits per heavy atom. The molecule has 0 aromatic heterocycles. The zero-order valence-corrected chi connectivity index (χ0v) is 11.2. The minimum atomic E-state index is -0.767. The van der Waals surface area contributed by atoms with Crippen LogP contribution in [0.1, 0.15) is 46.5 Å². The molecule has 0 saturated carbocycles. The molecule has 0 aromatic carbocycles. The first-order chi connectivity index (χ1) is 8.06. The Bertz CT molecular complexity index is 251. The Kier molecular flexibility index (Phi) is 5.40. The third kappa shape index (κ3) is 3.68. The first-order valence-electron chi connectivity index (χ1n) is 6.68. The molecule has 0 bridgehead atoms. The van der Waals surface area contributed by atoms with E-state index in [9.17, 15) is 9.90 Å². The van der Waals surface area contributed by atoms with Crippen LogP contribution < -0.4 is 5.32 Å². The molecule has 4 heteroatoms. The molecule has 1 aliphatic rings. The van der Waals surface area contributed by atoms with E-state index < -0.39 is 5.60 Å². The van der Waals surface area contributed by atoms with Gasteiger partial charge in [0, 0.05) is 13.2 Å². The minimum absolute atomic E-state index is 0.0228. The second kappa shape index (κ2) is 6.36. The molecular formula is C13H25NO3. The van der Waals surface area contributed by atoms with E-state index >= 15 is 0 Å². The van der Waals surface area contributed by atoms with E-state index in [-0.39, 0.29) is 17.9 Å². The average molecular weight is 243 g/mol. The highest BCUT2D eigenvalue weighted by molar-refractivity contribution is 5.79. The standard InChI is InChI=1S/C13H25NO3/c1-4-11-10(7-8-17-11)12(15)14-9-13(16,5-2)6-3/h10-11,16H,4-9H2,1-3H3,(H,14,15). The number of hydrogen-bond acceptors (Lipinski definition) is 3. The maximum Gasteiger partial charge on any atom is 0.225 e. The van der Waals surface area contributed by atoms with E-state index in [1.807, 2.05) is 20.8 Å². The molecule has 17 heavy (non-hydrogen) atoms. The van der Waals surface area contributed by atoms with Crippen LogP contribution >= 0.6 is 0 Å². The molecule has 0 spiro atoms. The zero-order valence-electron chi connectivity index (χ0n) is 11.2. The third-order valence-corrected chi connectivity index (χ3v) is 3.86. The van der Waals surface area contributed by atoms with E-state index in [0.717, 1.165) is 12.8 Å².